The maximum Gasteiger partial charge on any atom is 0.407 e. The van der Waals surface area contributed by atoms with Gasteiger partial charge in [-0.05, 0) is 19.3 Å². The van der Waals surface area contributed by atoms with Crippen molar-refractivity contribution in [3.63, 3.8) is 0 Å². The molecule has 1 fully saturated rings. The van der Waals surface area contributed by atoms with Crippen molar-refractivity contribution in [2.45, 2.75) is 58.3 Å². The first-order valence-corrected chi connectivity index (χ1v) is 8.01. The maximum absolute atomic E-state index is 11.5. The highest BCUT2D eigenvalue weighted by Gasteiger charge is 2.32. The third-order valence-corrected chi connectivity index (χ3v) is 3.26. The van der Waals surface area contributed by atoms with Crippen molar-refractivity contribution in [1.82, 2.24) is 10.4 Å². The molecule has 3 amide bonds. The second-order valence-electron chi connectivity index (χ2n) is 5.27. The average molecular weight is 328 g/mol. The van der Waals surface area contributed by atoms with Gasteiger partial charge < -0.3 is 14.9 Å². The predicted molar refractivity (Wildman–Crippen MR) is 79.9 cm³/mol. The van der Waals surface area contributed by atoms with Crippen LogP contribution in [0, 0.1) is 0 Å². The Morgan fingerprint density at radius 2 is 1.78 bits per heavy atom. The van der Waals surface area contributed by atoms with Crippen LogP contribution in [0.25, 0.3) is 0 Å². The van der Waals surface area contributed by atoms with Crippen LogP contribution in [-0.2, 0) is 24.0 Å². The summed E-state index contributed by atoms with van der Waals surface area (Å²) in [6.45, 7) is 2.91. The normalized spacial score (nSPS) is 14.0. The van der Waals surface area contributed by atoms with Crippen LogP contribution >= 0.6 is 0 Å². The maximum atomic E-state index is 11.5. The summed E-state index contributed by atoms with van der Waals surface area (Å²) in [6.07, 6.45) is 3.67. The SMILES string of the molecule is CCCCOC(=O)NCCCCCC(=O)ON1C(=O)CCC1=O. The fourth-order valence-corrected chi connectivity index (χ4v) is 1.93. The zero-order chi connectivity index (χ0) is 17.1. The lowest BCUT2D eigenvalue weighted by Crippen LogP contribution is -2.32. The van der Waals surface area contributed by atoms with E-state index >= 15 is 0 Å². The second kappa shape index (κ2) is 10.6. The predicted octanol–water partition coefficient (Wildman–Crippen LogP) is 1.68. The molecule has 1 N–H and O–H groups in total. The Morgan fingerprint density at radius 1 is 1.09 bits per heavy atom. The molecule has 0 aromatic carbocycles. The Labute approximate surface area is 135 Å². The Bertz CT molecular complexity index is 422. The molecule has 0 aromatic rings. The highest BCUT2D eigenvalue weighted by atomic mass is 16.7. The minimum atomic E-state index is -0.597. The summed E-state index contributed by atoms with van der Waals surface area (Å²) in [7, 11) is 0. The molecule has 1 rings (SSSR count). The van der Waals surface area contributed by atoms with Gasteiger partial charge in [0.2, 0.25) is 0 Å². The van der Waals surface area contributed by atoms with Gasteiger partial charge in [0, 0.05) is 25.8 Å². The molecule has 1 heterocycles. The molecule has 0 aromatic heterocycles. The van der Waals surface area contributed by atoms with Gasteiger partial charge in [-0.3, -0.25) is 9.59 Å². The van der Waals surface area contributed by atoms with Crippen LogP contribution in [0.2, 0.25) is 0 Å². The van der Waals surface area contributed by atoms with E-state index in [1.165, 1.54) is 0 Å². The summed E-state index contributed by atoms with van der Waals surface area (Å²) in [5.74, 6) is -1.55. The second-order valence-corrected chi connectivity index (χ2v) is 5.27. The minimum Gasteiger partial charge on any atom is -0.450 e. The molecule has 0 aliphatic carbocycles. The molecule has 8 nitrogen and oxygen atoms in total. The number of carbonyl (C=O) groups excluding carboxylic acids is 4. The van der Waals surface area contributed by atoms with E-state index in [-0.39, 0.29) is 19.3 Å². The molecule has 0 bridgehead atoms. The quantitative estimate of drug-likeness (QED) is 0.483. The van der Waals surface area contributed by atoms with E-state index in [0.717, 1.165) is 12.8 Å². The van der Waals surface area contributed by atoms with E-state index in [9.17, 15) is 19.2 Å². The van der Waals surface area contributed by atoms with Gasteiger partial charge in [0.15, 0.2) is 0 Å². The molecule has 8 heteroatoms. The largest absolute Gasteiger partial charge is 0.450 e. The highest BCUT2D eigenvalue weighted by molar-refractivity contribution is 6.01. The Balaban J connectivity index is 2.00. The van der Waals surface area contributed by atoms with Gasteiger partial charge in [-0.15, -0.1) is 5.06 Å². The van der Waals surface area contributed by atoms with Crippen LogP contribution in [-0.4, -0.2) is 42.1 Å². The zero-order valence-electron chi connectivity index (χ0n) is 13.5. The molecule has 0 saturated carbocycles. The van der Waals surface area contributed by atoms with Crippen LogP contribution in [0.15, 0.2) is 0 Å². The number of rotatable bonds is 10. The van der Waals surface area contributed by atoms with Gasteiger partial charge >= 0.3 is 12.1 Å². The summed E-state index contributed by atoms with van der Waals surface area (Å²) in [6, 6.07) is 0. The highest BCUT2D eigenvalue weighted by Crippen LogP contribution is 2.13. The van der Waals surface area contributed by atoms with E-state index in [1.807, 2.05) is 6.92 Å². The zero-order valence-corrected chi connectivity index (χ0v) is 13.5. The van der Waals surface area contributed by atoms with E-state index in [4.69, 9.17) is 9.57 Å². The lowest BCUT2D eigenvalue weighted by Gasteiger charge is -2.12. The molecule has 0 atom stereocenters. The van der Waals surface area contributed by atoms with Gasteiger partial charge in [-0.25, -0.2) is 9.59 Å². The van der Waals surface area contributed by atoms with Gasteiger partial charge in [-0.1, -0.05) is 19.8 Å². The first-order chi connectivity index (χ1) is 11.0. The Morgan fingerprint density at radius 3 is 2.43 bits per heavy atom. The van der Waals surface area contributed by atoms with Gasteiger partial charge in [-0.2, -0.15) is 0 Å². The molecule has 0 unspecified atom stereocenters. The Kier molecular flexibility index (Phi) is 8.71. The van der Waals surface area contributed by atoms with Gasteiger partial charge in [0.05, 0.1) is 6.61 Å². The van der Waals surface area contributed by atoms with Crippen molar-refractivity contribution in [1.29, 1.82) is 0 Å². The number of hydrogen-bond donors (Lipinski definition) is 1. The molecule has 23 heavy (non-hydrogen) atoms. The van der Waals surface area contributed by atoms with E-state index in [1.54, 1.807) is 0 Å². The van der Waals surface area contributed by atoms with Crippen molar-refractivity contribution in [2.24, 2.45) is 0 Å². The molecule has 0 spiro atoms. The van der Waals surface area contributed by atoms with Crippen molar-refractivity contribution in [2.75, 3.05) is 13.2 Å². The first kappa shape index (κ1) is 18.9. The molecule has 0 radical (unpaired) electrons. The molecular weight excluding hydrogens is 304 g/mol. The van der Waals surface area contributed by atoms with Crippen LogP contribution in [0.5, 0.6) is 0 Å². The van der Waals surface area contributed by atoms with Crippen LogP contribution in [0.3, 0.4) is 0 Å². The third-order valence-electron chi connectivity index (χ3n) is 3.26. The smallest absolute Gasteiger partial charge is 0.407 e. The standard InChI is InChI=1S/C15H24N2O6/c1-2-3-11-22-15(21)16-10-6-4-5-7-14(20)23-17-12(18)8-9-13(17)19/h2-11H2,1H3,(H,16,21). The van der Waals surface area contributed by atoms with E-state index < -0.39 is 23.9 Å². The van der Waals surface area contributed by atoms with Crippen LogP contribution in [0.1, 0.15) is 58.3 Å². The number of unbranched alkanes of at least 4 members (excludes halogenated alkanes) is 3. The van der Waals surface area contributed by atoms with Crippen molar-refractivity contribution < 1.29 is 28.8 Å². The number of nitrogens with one attached hydrogen (secondary N) is 1. The first-order valence-electron chi connectivity index (χ1n) is 8.01. The number of imide groups is 1. The Hall–Kier alpha value is -2.12. The molecular formula is C15H24N2O6. The van der Waals surface area contributed by atoms with Gasteiger partial charge in [0.1, 0.15) is 0 Å². The fourth-order valence-electron chi connectivity index (χ4n) is 1.93. The topological polar surface area (TPSA) is 102 Å². The molecule has 1 aliphatic rings. The van der Waals surface area contributed by atoms with Crippen LogP contribution < -0.4 is 5.32 Å². The summed E-state index contributed by atoms with van der Waals surface area (Å²) < 4.78 is 4.93. The summed E-state index contributed by atoms with van der Waals surface area (Å²) >= 11 is 0. The van der Waals surface area contributed by atoms with Gasteiger partial charge in [0.25, 0.3) is 11.8 Å². The average Bonchev–Trinajstić information content (AvgIpc) is 2.83. The number of hydrogen-bond acceptors (Lipinski definition) is 6. The molecule has 1 aliphatic heterocycles. The lowest BCUT2D eigenvalue weighted by atomic mass is 10.2. The molecule has 130 valence electrons. The monoisotopic (exact) mass is 328 g/mol. The number of amides is 3. The third kappa shape index (κ3) is 7.62. The van der Waals surface area contributed by atoms with Crippen molar-refractivity contribution in [3.8, 4) is 0 Å². The summed E-state index contributed by atoms with van der Waals surface area (Å²) in [5, 5.41) is 3.18. The van der Waals surface area contributed by atoms with Crippen molar-refractivity contribution >= 4 is 23.9 Å². The summed E-state index contributed by atoms with van der Waals surface area (Å²) in [4.78, 5) is 50.0. The number of ether oxygens (including phenoxy) is 1. The van der Waals surface area contributed by atoms with Crippen LogP contribution in [0.4, 0.5) is 4.79 Å². The number of alkyl carbamates (subject to hydrolysis) is 1. The lowest BCUT2D eigenvalue weighted by molar-refractivity contribution is -0.197. The van der Waals surface area contributed by atoms with Crippen molar-refractivity contribution in [3.05, 3.63) is 0 Å². The summed E-state index contributed by atoms with van der Waals surface area (Å²) in [5.41, 5.74) is 0. The fraction of sp³-hybridized carbons (Fsp3) is 0.733. The minimum absolute atomic E-state index is 0.0894. The number of nitrogens with zero attached hydrogens (tertiary/aromatic N) is 1. The molecule has 1 saturated heterocycles. The van der Waals surface area contributed by atoms with E-state index in [0.29, 0.717) is 37.5 Å². The number of hydroxylamine groups is 2. The number of carbonyl (C=O) groups is 4. The van der Waals surface area contributed by atoms with E-state index in [2.05, 4.69) is 5.32 Å².